The summed E-state index contributed by atoms with van der Waals surface area (Å²) >= 11 is 0. The summed E-state index contributed by atoms with van der Waals surface area (Å²) in [7, 11) is -1.78. The fourth-order valence-corrected chi connectivity index (χ4v) is 9.89. The van der Waals surface area contributed by atoms with Gasteiger partial charge >= 0.3 is 0 Å². The van der Waals surface area contributed by atoms with E-state index < -0.39 is 7.26 Å². The zero-order valence-electron chi connectivity index (χ0n) is 19.6. The molecule has 0 aromatic heterocycles. The van der Waals surface area contributed by atoms with Crippen LogP contribution in [-0.2, 0) is 0 Å². The predicted octanol–water partition coefficient (Wildman–Crippen LogP) is 3.38. The van der Waals surface area contributed by atoms with Gasteiger partial charge in [-0.15, -0.1) is 0 Å². The molecular weight excluding hydrogens is 437 g/mol. The van der Waals surface area contributed by atoms with Crippen molar-refractivity contribution in [2.45, 2.75) is 25.7 Å². The lowest BCUT2D eigenvalue weighted by atomic mass is 9.83. The number of aliphatic imine (C=N–C) groups is 2. The standard InChI is InChI=1S/C28H35N5P/c29-27(30)33-28(31)32-20-22-16-18-23(19-17-22)21-34(24-10-4-1-5-11-24,25-12-6-2-7-13-25)26-14-8-3-9-15-26/h1-15,22-23H,16-21H2,(H6,29,30,31,32,33)/q+1. The molecule has 1 saturated carbocycles. The third-order valence-corrected chi connectivity index (χ3v) is 11.4. The van der Waals surface area contributed by atoms with E-state index in [0.717, 1.165) is 12.8 Å². The van der Waals surface area contributed by atoms with Crippen LogP contribution in [0.4, 0.5) is 0 Å². The lowest BCUT2D eigenvalue weighted by molar-refractivity contribution is 0.299. The Labute approximate surface area is 203 Å². The molecule has 176 valence electrons. The molecule has 0 saturated heterocycles. The van der Waals surface area contributed by atoms with Crippen LogP contribution in [0.2, 0.25) is 0 Å². The minimum atomic E-state index is -1.78. The Morgan fingerprint density at radius 1 is 0.647 bits per heavy atom. The molecular formula is C28H35N5P+. The second kappa shape index (κ2) is 11.3. The quantitative estimate of drug-likeness (QED) is 0.279. The monoisotopic (exact) mass is 472 g/mol. The van der Waals surface area contributed by atoms with Crippen molar-refractivity contribution < 1.29 is 0 Å². The number of benzene rings is 3. The van der Waals surface area contributed by atoms with Crippen LogP contribution in [0.25, 0.3) is 0 Å². The lowest BCUT2D eigenvalue weighted by Gasteiger charge is -2.34. The highest BCUT2D eigenvalue weighted by molar-refractivity contribution is 7.95. The van der Waals surface area contributed by atoms with Gasteiger partial charge in [-0.25, -0.2) is 0 Å². The van der Waals surface area contributed by atoms with E-state index in [0.29, 0.717) is 18.4 Å². The van der Waals surface area contributed by atoms with Gasteiger partial charge in [-0.05, 0) is 73.9 Å². The second-order valence-corrected chi connectivity index (χ2v) is 12.7. The van der Waals surface area contributed by atoms with Crippen molar-refractivity contribution in [3.05, 3.63) is 91.0 Å². The van der Waals surface area contributed by atoms with Crippen molar-refractivity contribution in [1.29, 1.82) is 0 Å². The number of hydrogen-bond donors (Lipinski definition) is 3. The van der Waals surface area contributed by atoms with E-state index in [-0.39, 0.29) is 11.9 Å². The number of nitrogens with zero attached hydrogens (tertiary/aromatic N) is 2. The summed E-state index contributed by atoms with van der Waals surface area (Å²) in [6.45, 7) is 0.686. The minimum Gasteiger partial charge on any atom is -0.370 e. The fourth-order valence-electron chi connectivity index (χ4n) is 5.19. The molecule has 34 heavy (non-hydrogen) atoms. The molecule has 1 aliphatic carbocycles. The molecule has 1 fully saturated rings. The first kappa shape index (κ1) is 24.0. The molecule has 6 heteroatoms. The molecule has 0 spiro atoms. The number of guanidine groups is 2. The van der Waals surface area contributed by atoms with Crippen molar-refractivity contribution in [3.8, 4) is 0 Å². The van der Waals surface area contributed by atoms with Gasteiger partial charge in [0.25, 0.3) is 0 Å². The first-order valence-electron chi connectivity index (χ1n) is 12.0. The predicted molar refractivity (Wildman–Crippen MR) is 148 cm³/mol. The normalized spacial score (nSPS) is 18.9. The van der Waals surface area contributed by atoms with Crippen molar-refractivity contribution in [2.75, 3.05) is 12.7 Å². The van der Waals surface area contributed by atoms with Crippen LogP contribution in [0.1, 0.15) is 25.7 Å². The highest BCUT2D eigenvalue weighted by atomic mass is 31.2. The van der Waals surface area contributed by atoms with Crippen LogP contribution in [0.5, 0.6) is 0 Å². The molecule has 1 aliphatic rings. The molecule has 0 unspecified atom stereocenters. The molecule has 6 N–H and O–H groups in total. The summed E-state index contributed by atoms with van der Waals surface area (Å²) in [5.41, 5.74) is 16.6. The summed E-state index contributed by atoms with van der Waals surface area (Å²) in [5.74, 6) is 1.32. The maximum absolute atomic E-state index is 5.80. The van der Waals surface area contributed by atoms with E-state index in [1.165, 1.54) is 34.9 Å². The van der Waals surface area contributed by atoms with Gasteiger partial charge in [-0.3, -0.25) is 4.99 Å². The zero-order chi connectivity index (χ0) is 23.8. The first-order chi connectivity index (χ1) is 16.6. The van der Waals surface area contributed by atoms with E-state index in [9.17, 15) is 0 Å². The molecule has 4 rings (SSSR count). The molecule has 0 bridgehead atoms. The first-order valence-corrected chi connectivity index (χ1v) is 14.0. The Kier molecular flexibility index (Phi) is 7.97. The Morgan fingerprint density at radius 2 is 1.06 bits per heavy atom. The van der Waals surface area contributed by atoms with Gasteiger partial charge in [-0.2, -0.15) is 4.99 Å². The molecule has 3 aromatic rings. The van der Waals surface area contributed by atoms with Crippen molar-refractivity contribution in [2.24, 2.45) is 39.0 Å². The van der Waals surface area contributed by atoms with Gasteiger partial charge in [0.2, 0.25) is 5.96 Å². The van der Waals surface area contributed by atoms with E-state index >= 15 is 0 Å². The summed E-state index contributed by atoms with van der Waals surface area (Å²) in [4.78, 5) is 8.21. The lowest BCUT2D eigenvalue weighted by Crippen LogP contribution is -2.36. The van der Waals surface area contributed by atoms with Crippen LogP contribution in [0.15, 0.2) is 101 Å². The number of nitrogens with two attached hydrogens (primary N) is 3. The van der Waals surface area contributed by atoms with E-state index in [2.05, 4.69) is 101 Å². The average molecular weight is 473 g/mol. The van der Waals surface area contributed by atoms with Gasteiger partial charge < -0.3 is 17.2 Å². The molecule has 0 radical (unpaired) electrons. The molecule has 0 heterocycles. The van der Waals surface area contributed by atoms with Crippen LogP contribution in [0.3, 0.4) is 0 Å². The Bertz CT molecular complexity index is 991. The van der Waals surface area contributed by atoms with Crippen molar-refractivity contribution >= 4 is 35.1 Å². The average Bonchev–Trinajstić information content (AvgIpc) is 2.88. The molecule has 0 aliphatic heterocycles. The fraction of sp³-hybridized carbons (Fsp3) is 0.286. The zero-order valence-corrected chi connectivity index (χ0v) is 20.5. The van der Waals surface area contributed by atoms with E-state index in [1.54, 1.807) is 0 Å². The third kappa shape index (κ3) is 5.66. The Hall–Kier alpha value is -3.17. The Balaban J connectivity index is 1.60. The van der Waals surface area contributed by atoms with Gasteiger partial charge in [0.1, 0.15) is 23.2 Å². The van der Waals surface area contributed by atoms with Crippen molar-refractivity contribution in [3.63, 3.8) is 0 Å². The van der Waals surface area contributed by atoms with E-state index in [4.69, 9.17) is 17.2 Å². The van der Waals surface area contributed by atoms with Gasteiger partial charge in [0.15, 0.2) is 5.96 Å². The third-order valence-electron chi connectivity index (χ3n) is 6.84. The molecule has 5 nitrogen and oxygen atoms in total. The van der Waals surface area contributed by atoms with Crippen LogP contribution in [0, 0.1) is 11.8 Å². The SMILES string of the molecule is NC(N)=NC(N)=NCC1CCC(C[P+](c2ccccc2)(c2ccccc2)c2ccccc2)CC1. The number of rotatable bonds is 7. The second-order valence-electron chi connectivity index (χ2n) is 9.12. The van der Waals surface area contributed by atoms with Gasteiger partial charge in [0.05, 0.1) is 6.16 Å². The topological polar surface area (TPSA) is 103 Å². The van der Waals surface area contributed by atoms with Gasteiger partial charge in [0, 0.05) is 6.54 Å². The van der Waals surface area contributed by atoms with Crippen LogP contribution >= 0.6 is 7.26 Å². The summed E-state index contributed by atoms with van der Waals surface area (Å²) < 4.78 is 0. The van der Waals surface area contributed by atoms with E-state index in [1.807, 2.05) is 0 Å². The highest BCUT2D eigenvalue weighted by Crippen LogP contribution is 2.58. The number of hydrogen-bond acceptors (Lipinski definition) is 1. The maximum Gasteiger partial charge on any atom is 0.218 e. The van der Waals surface area contributed by atoms with Crippen LogP contribution < -0.4 is 33.1 Å². The molecule has 0 atom stereocenters. The smallest absolute Gasteiger partial charge is 0.218 e. The minimum absolute atomic E-state index is 0.0481. The summed E-state index contributed by atoms with van der Waals surface area (Å²) in [6.07, 6.45) is 5.91. The largest absolute Gasteiger partial charge is 0.370 e. The van der Waals surface area contributed by atoms with Crippen LogP contribution in [-0.4, -0.2) is 24.6 Å². The van der Waals surface area contributed by atoms with Gasteiger partial charge in [-0.1, -0.05) is 54.6 Å². The maximum atomic E-state index is 5.80. The molecule has 3 aromatic carbocycles. The summed E-state index contributed by atoms with van der Waals surface area (Å²) in [6, 6.07) is 33.5. The summed E-state index contributed by atoms with van der Waals surface area (Å²) in [5, 5.41) is 4.39. The highest BCUT2D eigenvalue weighted by Gasteiger charge is 2.47. The van der Waals surface area contributed by atoms with Crippen molar-refractivity contribution in [1.82, 2.24) is 0 Å². The Morgan fingerprint density at radius 3 is 1.47 bits per heavy atom. The molecule has 0 amide bonds.